The molecule has 42 heavy (non-hydrogen) atoms. The van der Waals surface area contributed by atoms with E-state index in [1.165, 1.54) is 11.1 Å². The predicted octanol–water partition coefficient (Wildman–Crippen LogP) is 6.99. The second-order valence-corrected chi connectivity index (χ2v) is 10.0. The number of allylic oxidation sites excluding steroid dienone is 1. The molecule has 0 bridgehead atoms. The van der Waals surface area contributed by atoms with Crippen LogP contribution >= 0.6 is 0 Å². The third kappa shape index (κ3) is 8.48. The Labute approximate surface area is 252 Å². The number of aromatic nitrogens is 2. The van der Waals surface area contributed by atoms with Gasteiger partial charge in [0.15, 0.2) is 11.9 Å². The highest BCUT2D eigenvalue weighted by Gasteiger charge is 2.32. The van der Waals surface area contributed by atoms with Gasteiger partial charge in [-0.15, -0.1) is 0 Å². The number of aryl methyl sites for hydroxylation is 2. The van der Waals surface area contributed by atoms with Gasteiger partial charge in [0.05, 0.1) is 12.2 Å². The Morgan fingerprint density at radius 3 is 2.26 bits per heavy atom. The molecule has 6 heteroatoms. The average molecular weight is 570 g/mol. The van der Waals surface area contributed by atoms with Crippen molar-refractivity contribution >= 4 is 17.7 Å². The molecule has 1 aliphatic heterocycles. The summed E-state index contributed by atoms with van der Waals surface area (Å²) >= 11 is 0. The van der Waals surface area contributed by atoms with Gasteiger partial charge in [0, 0.05) is 31.9 Å². The van der Waals surface area contributed by atoms with Gasteiger partial charge in [0.2, 0.25) is 5.91 Å². The van der Waals surface area contributed by atoms with E-state index in [4.69, 9.17) is 4.98 Å². The third-order valence-electron chi connectivity index (χ3n) is 7.29. The molecule has 2 heterocycles. The summed E-state index contributed by atoms with van der Waals surface area (Å²) < 4.78 is 4.00. The summed E-state index contributed by atoms with van der Waals surface area (Å²) in [4.78, 5) is 32.4. The van der Waals surface area contributed by atoms with Gasteiger partial charge >= 0.3 is 0 Å². The van der Waals surface area contributed by atoms with Crippen molar-refractivity contribution in [1.29, 1.82) is 0 Å². The van der Waals surface area contributed by atoms with Crippen LogP contribution in [-0.2, 0) is 24.2 Å². The molecule has 0 N–H and O–H groups in total. The van der Waals surface area contributed by atoms with E-state index in [9.17, 15) is 9.59 Å². The van der Waals surface area contributed by atoms with Crippen LogP contribution in [0.5, 0.6) is 0 Å². The smallest absolute Gasteiger partial charge is 0.258 e. The minimum Gasteiger partial charge on any atom is -0.337 e. The number of carbonyl (C=O) groups is 1. The van der Waals surface area contributed by atoms with Crippen molar-refractivity contribution in [1.82, 2.24) is 14.5 Å². The van der Waals surface area contributed by atoms with E-state index in [-0.39, 0.29) is 17.5 Å². The predicted molar refractivity (Wildman–Crippen MR) is 176 cm³/mol. The Balaban J connectivity index is 0.000000473. The lowest BCUT2D eigenvalue weighted by atomic mass is 9.97. The molecule has 1 amide bonds. The highest BCUT2D eigenvalue weighted by atomic mass is 16.2. The fourth-order valence-corrected chi connectivity index (χ4v) is 5.12. The van der Waals surface area contributed by atoms with Crippen molar-refractivity contribution in [2.24, 2.45) is 0 Å². The zero-order valence-electron chi connectivity index (χ0n) is 26.9. The molecule has 0 spiro atoms. The Morgan fingerprint density at radius 2 is 1.74 bits per heavy atom. The maximum absolute atomic E-state index is 13.9. The summed E-state index contributed by atoms with van der Waals surface area (Å²) in [6.07, 6.45) is 7.85. The van der Waals surface area contributed by atoms with E-state index in [1.807, 2.05) is 75.9 Å². The fourth-order valence-electron chi connectivity index (χ4n) is 5.12. The van der Waals surface area contributed by atoms with Gasteiger partial charge in [-0.1, -0.05) is 101 Å². The summed E-state index contributed by atoms with van der Waals surface area (Å²) in [6.45, 7) is 18.4. The number of nitrogens with zero attached hydrogens (tertiary/aromatic N) is 4. The number of fused-ring (bicyclic) bond motifs is 1. The number of benzene rings is 2. The number of hydrogen-bond donors (Lipinski definition) is 0. The molecule has 1 atom stereocenters. The van der Waals surface area contributed by atoms with Gasteiger partial charge in [-0.2, -0.15) is 0 Å². The second kappa shape index (κ2) is 17.0. The minimum atomic E-state index is -0.238. The van der Waals surface area contributed by atoms with Crippen LogP contribution in [0.3, 0.4) is 0 Å². The highest BCUT2D eigenvalue weighted by Crippen LogP contribution is 2.24. The number of carbonyl (C=O) groups excluding carboxylic acids is 1. The molecule has 0 saturated carbocycles. The molecule has 2 aromatic carbocycles. The standard InChI is InChI=1S/C25H33N4O2.C9H10.C2H6/c1-6-15-27(5)22(7-2)24(19-12-10-9-11-13-19)29-23(8-3)26-21-17-28(18(4)30)16-14-20(21)25(29)31;1-3-9-6-4-8(2)5-7-9;1-2/h6,9-13,15,24H,7-8,14,16-17H2,1-5H3;3-7H,1H2,2H3;1-2H3/q+1;;/b15-6-,27-22?;;. The lowest BCUT2D eigenvalue weighted by Gasteiger charge is -2.29. The van der Waals surface area contributed by atoms with E-state index in [1.54, 1.807) is 11.8 Å². The molecular weight excluding hydrogens is 520 g/mol. The van der Waals surface area contributed by atoms with E-state index in [2.05, 4.69) is 61.4 Å². The van der Waals surface area contributed by atoms with Crippen molar-refractivity contribution in [3.05, 3.63) is 118 Å². The number of rotatable bonds is 7. The Kier molecular flexibility index (Phi) is 13.8. The zero-order valence-corrected chi connectivity index (χ0v) is 26.9. The van der Waals surface area contributed by atoms with E-state index in [0.717, 1.165) is 34.8 Å². The fraction of sp³-hybridized carbons (Fsp3) is 0.389. The topological polar surface area (TPSA) is 58.2 Å². The first-order valence-electron chi connectivity index (χ1n) is 15.1. The minimum absolute atomic E-state index is 0.0127. The normalized spacial score (nSPS) is 13.6. The van der Waals surface area contributed by atoms with Crippen molar-refractivity contribution in [3.8, 4) is 0 Å². The molecule has 0 radical (unpaired) electrons. The van der Waals surface area contributed by atoms with Crippen LogP contribution in [0.2, 0.25) is 0 Å². The number of hydrogen-bond acceptors (Lipinski definition) is 3. The van der Waals surface area contributed by atoms with Crippen LogP contribution in [0.4, 0.5) is 0 Å². The zero-order chi connectivity index (χ0) is 31.2. The van der Waals surface area contributed by atoms with Crippen molar-refractivity contribution in [2.45, 2.75) is 80.3 Å². The molecule has 1 unspecified atom stereocenters. The molecule has 4 rings (SSSR count). The van der Waals surface area contributed by atoms with Gasteiger partial charge in [-0.05, 0) is 37.5 Å². The Bertz CT molecular complexity index is 1430. The molecule has 6 nitrogen and oxygen atoms in total. The first kappa shape index (κ1) is 34.1. The lowest BCUT2D eigenvalue weighted by Crippen LogP contribution is -2.43. The largest absolute Gasteiger partial charge is 0.337 e. The lowest BCUT2D eigenvalue weighted by molar-refractivity contribution is -0.425. The molecule has 224 valence electrons. The van der Waals surface area contributed by atoms with Crippen molar-refractivity contribution in [2.75, 3.05) is 13.6 Å². The van der Waals surface area contributed by atoms with Crippen LogP contribution < -0.4 is 5.56 Å². The molecule has 1 aliphatic rings. The molecule has 0 saturated heterocycles. The quantitative estimate of drug-likeness (QED) is 0.228. The van der Waals surface area contributed by atoms with Crippen LogP contribution in [0.25, 0.3) is 6.08 Å². The summed E-state index contributed by atoms with van der Waals surface area (Å²) in [5, 5.41) is 0. The molecule has 1 aromatic heterocycles. The van der Waals surface area contributed by atoms with Crippen LogP contribution in [0.15, 0.2) is 78.2 Å². The monoisotopic (exact) mass is 569 g/mol. The summed E-state index contributed by atoms with van der Waals surface area (Å²) in [6, 6.07) is 18.2. The molecule has 3 aromatic rings. The SMILES string of the molecule is C/C=C\[N+](C)=C(CC)C(c1ccccc1)n1c(CC)nc2c(c1=O)CCN(C(C)=O)C2.C=Cc1ccc(C)cc1.CC. The van der Waals surface area contributed by atoms with E-state index < -0.39 is 0 Å². The van der Waals surface area contributed by atoms with E-state index in [0.29, 0.717) is 25.9 Å². The highest BCUT2D eigenvalue weighted by molar-refractivity contribution is 5.87. The summed E-state index contributed by atoms with van der Waals surface area (Å²) in [7, 11) is 2.03. The van der Waals surface area contributed by atoms with Crippen molar-refractivity contribution < 1.29 is 9.37 Å². The number of amides is 1. The Hall–Kier alpha value is -4.06. The van der Waals surface area contributed by atoms with Crippen LogP contribution in [0.1, 0.15) is 87.8 Å². The summed E-state index contributed by atoms with van der Waals surface area (Å²) in [5.41, 5.74) is 6.16. The van der Waals surface area contributed by atoms with Crippen LogP contribution in [-0.4, -0.2) is 44.2 Å². The first-order chi connectivity index (χ1) is 20.2. The maximum Gasteiger partial charge on any atom is 0.258 e. The third-order valence-corrected chi connectivity index (χ3v) is 7.29. The van der Waals surface area contributed by atoms with E-state index >= 15 is 0 Å². The second-order valence-electron chi connectivity index (χ2n) is 10.0. The molecule has 0 aliphatic carbocycles. The maximum atomic E-state index is 13.9. The molecule has 0 fully saturated rings. The van der Waals surface area contributed by atoms with Gasteiger partial charge in [-0.3, -0.25) is 14.2 Å². The Morgan fingerprint density at radius 1 is 1.10 bits per heavy atom. The molecular formula is C36H49N4O2+. The van der Waals surface area contributed by atoms with Gasteiger partial charge in [0.25, 0.3) is 5.56 Å². The summed E-state index contributed by atoms with van der Waals surface area (Å²) in [5.74, 6) is 0.772. The van der Waals surface area contributed by atoms with Crippen molar-refractivity contribution in [3.63, 3.8) is 0 Å². The average Bonchev–Trinajstić information content (AvgIpc) is 3.02. The first-order valence-corrected chi connectivity index (χ1v) is 15.1. The van der Waals surface area contributed by atoms with Gasteiger partial charge in [-0.25, -0.2) is 9.56 Å². The van der Waals surface area contributed by atoms with Crippen LogP contribution in [0, 0.1) is 6.92 Å². The van der Waals surface area contributed by atoms with Gasteiger partial charge in [0.1, 0.15) is 18.9 Å². The van der Waals surface area contributed by atoms with Gasteiger partial charge < -0.3 is 4.90 Å².